The molecule has 2 aromatic carbocycles. The summed E-state index contributed by atoms with van der Waals surface area (Å²) in [4.78, 5) is 23.2. The monoisotopic (exact) mass is 354 g/mol. The average molecular weight is 354 g/mol. The van der Waals surface area contributed by atoms with Gasteiger partial charge in [-0.05, 0) is 35.4 Å². The van der Waals surface area contributed by atoms with Gasteiger partial charge in [0.25, 0.3) is 0 Å². The molecule has 0 bridgehead atoms. The maximum absolute atomic E-state index is 11.6. The third kappa shape index (κ3) is 6.83. The molecule has 0 atom stereocenters. The van der Waals surface area contributed by atoms with Crippen molar-refractivity contribution in [2.75, 3.05) is 0 Å². The van der Waals surface area contributed by atoms with Gasteiger partial charge >= 0.3 is 0 Å². The van der Waals surface area contributed by atoms with Crippen molar-refractivity contribution in [3.63, 3.8) is 0 Å². The molecule has 134 valence electrons. The van der Waals surface area contributed by atoms with E-state index < -0.39 is 11.8 Å². The number of phenolic OH excluding ortho intramolecular Hbond substituents is 2. The van der Waals surface area contributed by atoms with Crippen LogP contribution in [-0.2, 0) is 9.59 Å². The highest BCUT2D eigenvalue weighted by molar-refractivity contribution is 5.86. The van der Waals surface area contributed by atoms with Crippen LogP contribution < -0.4 is 10.9 Å². The van der Waals surface area contributed by atoms with Crippen molar-refractivity contribution in [3.05, 3.63) is 59.7 Å². The first-order valence-corrected chi connectivity index (χ1v) is 7.75. The molecule has 0 heterocycles. The molecule has 2 rings (SSSR count). The number of hydrazone groups is 2. The molecule has 4 N–H and O–H groups in total. The zero-order valence-corrected chi connectivity index (χ0v) is 13.8. The second kappa shape index (κ2) is 9.58. The molecule has 0 fully saturated rings. The molecule has 0 spiro atoms. The van der Waals surface area contributed by atoms with Gasteiger partial charge < -0.3 is 10.2 Å². The summed E-state index contributed by atoms with van der Waals surface area (Å²) in [5.41, 5.74) is 5.85. The van der Waals surface area contributed by atoms with Crippen LogP contribution in [0.3, 0.4) is 0 Å². The van der Waals surface area contributed by atoms with Crippen LogP contribution in [0.1, 0.15) is 24.0 Å². The number of hydrogen-bond acceptors (Lipinski definition) is 6. The first-order valence-electron chi connectivity index (χ1n) is 7.75. The first-order chi connectivity index (χ1) is 12.5. The lowest BCUT2D eigenvalue weighted by atomic mass is 10.2. The lowest BCUT2D eigenvalue weighted by molar-refractivity contribution is -0.126. The van der Waals surface area contributed by atoms with Gasteiger partial charge in [-0.15, -0.1) is 0 Å². The minimum Gasteiger partial charge on any atom is -0.508 e. The smallest absolute Gasteiger partial charge is 0.240 e. The fourth-order valence-corrected chi connectivity index (χ4v) is 1.91. The van der Waals surface area contributed by atoms with E-state index in [0.717, 1.165) is 0 Å². The Bertz CT molecular complexity index is 764. The van der Waals surface area contributed by atoms with Crippen molar-refractivity contribution in [3.8, 4) is 11.5 Å². The van der Waals surface area contributed by atoms with E-state index in [0.29, 0.717) is 11.1 Å². The van der Waals surface area contributed by atoms with E-state index in [1.165, 1.54) is 36.7 Å². The Hall–Kier alpha value is -3.68. The second-order valence-corrected chi connectivity index (χ2v) is 5.28. The van der Waals surface area contributed by atoms with E-state index >= 15 is 0 Å². The number of hydrogen-bond donors (Lipinski definition) is 4. The molecule has 0 radical (unpaired) electrons. The number of phenols is 2. The lowest BCUT2D eigenvalue weighted by Gasteiger charge is -2.00. The topological polar surface area (TPSA) is 123 Å². The quantitative estimate of drug-likeness (QED) is 0.444. The zero-order valence-electron chi connectivity index (χ0n) is 13.8. The van der Waals surface area contributed by atoms with Gasteiger partial charge in [0.2, 0.25) is 11.8 Å². The van der Waals surface area contributed by atoms with E-state index in [2.05, 4.69) is 21.1 Å². The predicted molar refractivity (Wildman–Crippen MR) is 96.9 cm³/mol. The molecule has 0 aliphatic heterocycles. The maximum atomic E-state index is 11.6. The van der Waals surface area contributed by atoms with Crippen molar-refractivity contribution in [1.29, 1.82) is 0 Å². The summed E-state index contributed by atoms with van der Waals surface area (Å²) >= 11 is 0. The molecule has 8 nitrogen and oxygen atoms in total. The van der Waals surface area contributed by atoms with Crippen LogP contribution in [-0.4, -0.2) is 34.5 Å². The summed E-state index contributed by atoms with van der Waals surface area (Å²) in [5, 5.41) is 26.1. The van der Waals surface area contributed by atoms with E-state index in [9.17, 15) is 19.8 Å². The van der Waals surface area contributed by atoms with Crippen molar-refractivity contribution >= 4 is 24.2 Å². The number of nitrogens with zero attached hydrogens (tertiary/aromatic N) is 2. The Labute approximate surface area is 149 Å². The summed E-state index contributed by atoms with van der Waals surface area (Å²) < 4.78 is 0. The van der Waals surface area contributed by atoms with Crippen molar-refractivity contribution in [2.45, 2.75) is 12.8 Å². The van der Waals surface area contributed by atoms with Crippen LogP contribution in [0.4, 0.5) is 0 Å². The van der Waals surface area contributed by atoms with Crippen molar-refractivity contribution < 1.29 is 19.8 Å². The molecular formula is C18H18N4O4. The third-order valence-electron chi connectivity index (χ3n) is 3.13. The summed E-state index contributed by atoms with van der Waals surface area (Å²) in [6.45, 7) is 0. The Morgan fingerprint density at radius 1 is 0.808 bits per heavy atom. The van der Waals surface area contributed by atoms with Gasteiger partial charge in [0.15, 0.2) is 0 Å². The number of carbonyl (C=O) groups is 2. The number of carbonyl (C=O) groups excluding carboxylic acids is 2. The molecule has 2 amide bonds. The summed E-state index contributed by atoms with van der Waals surface area (Å²) in [7, 11) is 0. The third-order valence-corrected chi connectivity index (χ3v) is 3.13. The first kappa shape index (κ1) is 18.7. The summed E-state index contributed by atoms with van der Waals surface area (Å²) in [6.07, 6.45) is 2.67. The number of amides is 2. The van der Waals surface area contributed by atoms with E-state index in [1.54, 1.807) is 24.3 Å². The molecule has 0 unspecified atom stereocenters. The number of benzene rings is 2. The summed E-state index contributed by atoms with van der Waals surface area (Å²) in [6, 6.07) is 12.8. The number of nitrogens with one attached hydrogen (secondary N) is 2. The maximum Gasteiger partial charge on any atom is 0.240 e. The van der Waals surface area contributed by atoms with Crippen LogP contribution in [0.15, 0.2) is 58.7 Å². The molecule has 0 aliphatic carbocycles. The molecule has 26 heavy (non-hydrogen) atoms. The minimum atomic E-state index is -0.423. The van der Waals surface area contributed by atoms with Crippen LogP contribution in [0.25, 0.3) is 0 Å². The molecular weight excluding hydrogens is 336 g/mol. The van der Waals surface area contributed by atoms with Crippen molar-refractivity contribution in [2.24, 2.45) is 10.2 Å². The van der Waals surface area contributed by atoms with Gasteiger partial charge in [-0.3, -0.25) is 9.59 Å². The average Bonchev–Trinajstić information content (AvgIpc) is 2.60. The molecule has 8 heteroatoms. The zero-order chi connectivity index (χ0) is 18.8. The van der Waals surface area contributed by atoms with Gasteiger partial charge in [0.05, 0.1) is 12.4 Å². The predicted octanol–water partition coefficient (Wildman–Crippen LogP) is 1.48. The van der Waals surface area contributed by atoms with Gasteiger partial charge in [0, 0.05) is 12.8 Å². The second-order valence-electron chi connectivity index (χ2n) is 5.28. The largest absolute Gasteiger partial charge is 0.508 e. The highest BCUT2D eigenvalue weighted by Gasteiger charge is 2.05. The lowest BCUT2D eigenvalue weighted by Crippen LogP contribution is -2.22. The molecule has 0 saturated carbocycles. The Morgan fingerprint density at radius 2 is 1.23 bits per heavy atom. The Kier molecular flexibility index (Phi) is 6.87. The standard InChI is InChI=1S/C18H18N4O4/c23-15-5-1-3-13(9-15)11-19-21-17(25)7-8-18(26)22-20-12-14-4-2-6-16(24)10-14/h1-6,9-12,23-24H,7-8H2,(H,21,25)(H,22,26)/b19-11+,20-12+. The summed E-state index contributed by atoms with van der Waals surface area (Å²) in [5.74, 6) is -0.645. The van der Waals surface area contributed by atoms with Crippen LogP contribution >= 0.6 is 0 Å². The Balaban J connectivity index is 1.69. The SMILES string of the molecule is O=C(CCC(=O)N/N=C/c1cccc(O)c1)N/N=C/c1cccc(O)c1. The van der Waals surface area contributed by atoms with Crippen molar-refractivity contribution in [1.82, 2.24) is 10.9 Å². The van der Waals surface area contributed by atoms with E-state index in [4.69, 9.17) is 0 Å². The fraction of sp³-hybridized carbons (Fsp3) is 0.111. The molecule has 0 aliphatic rings. The Morgan fingerprint density at radius 3 is 1.62 bits per heavy atom. The molecule has 0 aromatic heterocycles. The number of rotatable bonds is 7. The van der Waals surface area contributed by atoms with Gasteiger partial charge in [-0.1, -0.05) is 24.3 Å². The van der Waals surface area contributed by atoms with Crippen LogP contribution in [0.2, 0.25) is 0 Å². The highest BCUT2D eigenvalue weighted by Crippen LogP contribution is 2.09. The van der Waals surface area contributed by atoms with E-state index in [1.807, 2.05) is 0 Å². The van der Waals surface area contributed by atoms with Gasteiger partial charge in [-0.2, -0.15) is 10.2 Å². The fourth-order valence-electron chi connectivity index (χ4n) is 1.91. The van der Waals surface area contributed by atoms with E-state index in [-0.39, 0.29) is 24.3 Å². The molecule has 0 saturated heterocycles. The van der Waals surface area contributed by atoms with Gasteiger partial charge in [0.1, 0.15) is 11.5 Å². The number of aromatic hydroxyl groups is 2. The highest BCUT2D eigenvalue weighted by atomic mass is 16.3. The van der Waals surface area contributed by atoms with Crippen LogP contribution in [0, 0.1) is 0 Å². The minimum absolute atomic E-state index is 0.0507. The van der Waals surface area contributed by atoms with Gasteiger partial charge in [-0.25, -0.2) is 10.9 Å². The normalized spacial score (nSPS) is 10.9. The molecule has 2 aromatic rings. The van der Waals surface area contributed by atoms with Crippen LogP contribution in [0.5, 0.6) is 11.5 Å².